The summed E-state index contributed by atoms with van der Waals surface area (Å²) < 4.78 is 59.6. The molecule has 2 aliphatic heterocycles. The third-order valence-corrected chi connectivity index (χ3v) is 8.21. The molecule has 8 heteroatoms. The van der Waals surface area contributed by atoms with Gasteiger partial charge in [0.05, 0.1) is 11.1 Å². The number of halogens is 4. The highest BCUT2D eigenvalue weighted by Crippen LogP contribution is 2.45. The molecule has 0 radical (unpaired) electrons. The third-order valence-electron chi connectivity index (χ3n) is 8.21. The van der Waals surface area contributed by atoms with Crippen molar-refractivity contribution in [3.05, 3.63) is 94.8 Å². The molecule has 0 saturated carbocycles. The maximum atomic E-state index is 14.4. The second-order valence-electron chi connectivity index (χ2n) is 10.3. The van der Waals surface area contributed by atoms with Crippen molar-refractivity contribution in [1.29, 1.82) is 0 Å². The Labute approximate surface area is 217 Å². The molecule has 1 aliphatic carbocycles. The zero-order chi connectivity index (χ0) is 26.6. The van der Waals surface area contributed by atoms with Crippen LogP contribution in [0.2, 0.25) is 0 Å². The number of rotatable bonds is 4. The first-order valence-corrected chi connectivity index (χ1v) is 12.8. The van der Waals surface area contributed by atoms with E-state index in [0.717, 1.165) is 22.3 Å². The van der Waals surface area contributed by atoms with Crippen LogP contribution in [0.1, 0.15) is 58.6 Å². The zero-order valence-corrected chi connectivity index (χ0v) is 20.4. The molecule has 196 valence electrons. The van der Waals surface area contributed by atoms with Gasteiger partial charge in [-0.2, -0.15) is 13.2 Å². The molecule has 6 rings (SSSR count). The van der Waals surface area contributed by atoms with E-state index in [-0.39, 0.29) is 37.5 Å². The van der Waals surface area contributed by atoms with Gasteiger partial charge < -0.3 is 9.64 Å². The summed E-state index contributed by atoms with van der Waals surface area (Å²) in [5, 5.41) is 0. The maximum Gasteiger partial charge on any atom is 0.416 e. The van der Waals surface area contributed by atoms with Crippen LogP contribution in [0.3, 0.4) is 0 Å². The van der Waals surface area contributed by atoms with E-state index in [4.69, 9.17) is 4.74 Å². The van der Waals surface area contributed by atoms with Gasteiger partial charge in [0.25, 0.3) is 0 Å². The molecule has 2 heterocycles. The molecule has 2 atom stereocenters. The van der Waals surface area contributed by atoms with Crippen LogP contribution in [-0.2, 0) is 10.9 Å². The molecular formula is C30H25F4NO3. The first kappa shape index (κ1) is 24.6. The van der Waals surface area contributed by atoms with Gasteiger partial charge in [-0.05, 0) is 66.1 Å². The molecule has 2 saturated heterocycles. The fraction of sp³-hybridized carbons (Fsp3) is 0.333. The number of ketones is 1. The quantitative estimate of drug-likeness (QED) is 0.268. The van der Waals surface area contributed by atoms with Gasteiger partial charge in [-0.25, -0.2) is 9.18 Å². The highest BCUT2D eigenvalue weighted by Gasteiger charge is 2.47. The number of hydrogen-bond acceptors (Lipinski definition) is 3. The Morgan fingerprint density at radius 1 is 0.868 bits per heavy atom. The Morgan fingerprint density at radius 3 is 2.03 bits per heavy atom. The molecule has 1 amide bonds. The Balaban J connectivity index is 1.15. The summed E-state index contributed by atoms with van der Waals surface area (Å²) in [5.74, 6) is -2.33. The van der Waals surface area contributed by atoms with Crippen molar-refractivity contribution in [2.45, 2.75) is 49.9 Å². The van der Waals surface area contributed by atoms with Crippen molar-refractivity contribution in [1.82, 2.24) is 4.90 Å². The van der Waals surface area contributed by atoms with Gasteiger partial charge in [-0.1, -0.05) is 48.5 Å². The van der Waals surface area contributed by atoms with Gasteiger partial charge in [-0.3, -0.25) is 4.79 Å². The van der Waals surface area contributed by atoms with Crippen LogP contribution in [0.4, 0.5) is 22.4 Å². The summed E-state index contributed by atoms with van der Waals surface area (Å²) in [6.45, 7) is 0.181. The van der Waals surface area contributed by atoms with Gasteiger partial charge >= 0.3 is 12.3 Å². The summed E-state index contributed by atoms with van der Waals surface area (Å²) in [4.78, 5) is 28.0. The predicted molar refractivity (Wildman–Crippen MR) is 132 cm³/mol. The molecule has 0 N–H and O–H groups in total. The number of nitrogens with zero attached hydrogens (tertiary/aromatic N) is 1. The second-order valence-corrected chi connectivity index (χ2v) is 10.3. The number of carbonyl (C=O) groups is 2. The summed E-state index contributed by atoms with van der Waals surface area (Å²) >= 11 is 0. The van der Waals surface area contributed by atoms with Gasteiger partial charge in [0.2, 0.25) is 0 Å². The van der Waals surface area contributed by atoms with Crippen LogP contribution < -0.4 is 0 Å². The van der Waals surface area contributed by atoms with Gasteiger partial charge in [0, 0.05) is 23.9 Å². The van der Waals surface area contributed by atoms with Crippen molar-refractivity contribution >= 4 is 11.9 Å². The number of piperidine rings is 1. The van der Waals surface area contributed by atoms with E-state index in [1.165, 1.54) is 0 Å². The Kier molecular flexibility index (Phi) is 6.00. The molecule has 2 fully saturated rings. The molecule has 2 unspecified atom stereocenters. The Bertz CT molecular complexity index is 1360. The lowest BCUT2D eigenvalue weighted by Gasteiger charge is -2.37. The molecule has 0 aromatic heterocycles. The number of Topliss-reactive ketones (excluding diaryl/α,β-unsaturated/α-hetero) is 1. The standard InChI is InChI=1S/C30H25F4NO3/c31-27-12-9-18(30(32,33)34)15-25(27)28(36)17-13-19-10-11-20(14-17)35(19)29(37)38-16-26-23-7-3-1-5-21(23)22-6-2-4-8-24(22)26/h1-9,12,15,17,19-20,26H,10-11,13-14,16H2. The summed E-state index contributed by atoms with van der Waals surface area (Å²) in [6.07, 6.45) is -3.23. The number of alkyl halides is 3. The summed E-state index contributed by atoms with van der Waals surface area (Å²) in [5.41, 5.74) is 2.88. The molecule has 3 aromatic rings. The molecule has 38 heavy (non-hydrogen) atoms. The van der Waals surface area contributed by atoms with Crippen LogP contribution in [-0.4, -0.2) is 35.5 Å². The van der Waals surface area contributed by atoms with Crippen molar-refractivity contribution in [3.63, 3.8) is 0 Å². The average Bonchev–Trinajstić information content (AvgIpc) is 3.37. The topological polar surface area (TPSA) is 46.6 Å². The molecule has 0 spiro atoms. The second kappa shape index (κ2) is 9.26. The largest absolute Gasteiger partial charge is 0.448 e. The molecule has 3 aromatic carbocycles. The van der Waals surface area contributed by atoms with E-state index >= 15 is 0 Å². The maximum absolute atomic E-state index is 14.4. The van der Waals surface area contributed by atoms with Gasteiger partial charge in [0.15, 0.2) is 5.78 Å². The van der Waals surface area contributed by atoms with Crippen molar-refractivity contribution in [2.75, 3.05) is 6.61 Å². The summed E-state index contributed by atoms with van der Waals surface area (Å²) in [7, 11) is 0. The van der Waals surface area contributed by atoms with Gasteiger partial charge in [0.1, 0.15) is 12.4 Å². The lowest BCUT2D eigenvalue weighted by Crippen LogP contribution is -2.48. The highest BCUT2D eigenvalue weighted by atomic mass is 19.4. The normalized spacial score (nSPS) is 22.2. The Morgan fingerprint density at radius 2 is 1.45 bits per heavy atom. The lowest BCUT2D eigenvalue weighted by molar-refractivity contribution is -0.137. The van der Waals surface area contributed by atoms with Crippen LogP contribution in [0.15, 0.2) is 66.7 Å². The SMILES string of the molecule is O=C(c1cc(C(F)(F)F)ccc1F)C1CC2CCC(C1)N2C(=O)OCC1c2ccccc2-c2ccccc21. The minimum absolute atomic E-state index is 0.0768. The third kappa shape index (κ3) is 4.16. The number of benzene rings is 3. The van der Waals surface area contributed by atoms with E-state index in [9.17, 15) is 27.2 Å². The van der Waals surface area contributed by atoms with Crippen LogP contribution in [0.25, 0.3) is 11.1 Å². The number of fused-ring (bicyclic) bond motifs is 5. The van der Waals surface area contributed by atoms with Crippen molar-refractivity contribution in [3.8, 4) is 11.1 Å². The molecule has 4 nitrogen and oxygen atoms in total. The van der Waals surface area contributed by atoms with E-state index in [2.05, 4.69) is 12.1 Å². The highest BCUT2D eigenvalue weighted by molar-refractivity contribution is 5.98. The van der Waals surface area contributed by atoms with E-state index in [0.29, 0.717) is 31.0 Å². The number of amides is 1. The number of carbonyl (C=O) groups excluding carboxylic acids is 2. The molecule has 3 aliphatic rings. The minimum Gasteiger partial charge on any atom is -0.448 e. The predicted octanol–water partition coefficient (Wildman–Crippen LogP) is 7.22. The van der Waals surface area contributed by atoms with E-state index in [1.54, 1.807) is 4.90 Å². The van der Waals surface area contributed by atoms with E-state index in [1.807, 2.05) is 36.4 Å². The van der Waals surface area contributed by atoms with Crippen molar-refractivity contribution in [2.24, 2.45) is 5.92 Å². The average molecular weight is 524 g/mol. The van der Waals surface area contributed by atoms with Gasteiger partial charge in [-0.15, -0.1) is 0 Å². The Hall–Kier alpha value is -3.68. The molecular weight excluding hydrogens is 498 g/mol. The minimum atomic E-state index is -4.67. The monoisotopic (exact) mass is 523 g/mol. The fourth-order valence-corrected chi connectivity index (χ4v) is 6.47. The fourth-order valence-electron chi connectivity index (χ4n) is 6.47. The summed E-state index contributed by atoms with van der Waals surface area (Å²) in [6, 6.07) is 17.5. The number of ether oxygens (including phenoxy) is 1. The first-order chi connectivity index (χ1) is 18.2. The lowest BCUT2D eigenvalue weighted by atomic mass is 9.84. The van der Waals surface area contributed by atoms with Crippen LogP contribution >= 0.6 is 0 Å². The van der Waals surface area contributed by atoms with Crippen LogP contribution in [0.5, 0.6) is 0 Å². The zero-order valence-electron chi connectivity index (χ0n) is 20.4. The first-order valence-electron chi connectivity index (χ1n) is 12.8. The number of hydrogen-bond donors (Lipinski definition) is 0. The van der Waals surface area contributed by atoms with Crippen LogP contribution in [0, 0.1) is 11.7 Å². The smallest absolute Gasteiger partial charge is 0.416 e. The molecule has 2 bridgehead atoms. The van der Waals surface area contributed by atoms with Crippen molar-refractivity contribution < 1.29 is 31.9 Å². The van der Waals surface area contributed by atoms with E-state index < -0.39 is 40.9 Å².